The highest BCUT2D eigenvalue weighted by molar-refractivity contribution is 7.90. The van der Waals surface area contributed by atoms with Gasteiger partial charge in [-0.15, -0.1) is 0 Å². The molecule has 2 saturated heterocycles. The normalized spacial score (nSPS) is 35.6. The first-order valence-electron chi connectivity index (χ1n) is 7.94. The van der Waals surface area contributed by atoms with E-state index in [0.717, 1.165) is 19.3 Å². The van der Waals surface area contributed by atoms with Gasteiger partial charge in [-0.3, -0.25) is 4.79 Å². The van der Waals surface area contributed by atoms with Gasteiger partial charge >= 0.3 is 0 Å². The van der Waals surface area contributed by atoms with Crippen LogP contribution in [-0.2, 0) is 14.8 Å². The average Bonchev–Trinajstić information content (AvgIpc) is 3.06. The summed E-state index contributed by atoms with van der Waals surface area (Å²) in [5, 5.41) is -0.208. The molecule has 0 spiro atoms. The maximum Gasteiger partial charge on any atom is 0.260 e. The SMILES string of the molecule is O=C(N1CC[C@H]2[C@H]1CCN2S(=O)(=O)C1CC1)C1(F)CCC1. The van der Waals surface area contributed by atoms with Crippen molar-refractivity contribution < 1.29 is 17.6 Å². The van der Waals surface area contributed by atoms with Crippen LogP contribution in [0.3, 0.4) is 0 Å². The minimum atomic E-state index is -3.19. The summed E-state index contributed by atoms with van der Waals surface area (Å²) in [6, 6.07) is -0.234. The number of amides is 1. The Hall–Kier alpha value is -0.690. The van der Waals surface area contributed by atoms with E-state index in [4.69, 9.17) is 0 Å². The van der Waals surface area contributed by atoms with Crippen LogP contribution < -0.4 is 0 Å². The second-order valence-electron chi connectivity index (χ2n) is 6.88. The van der Waals surface area contributed by atoms with Crippen LogP contribution in [0.15, 0.2) is 0 Å². The molecule has 0 bridgehead atoms. The number of carbonyl (C=O) groups is 1. The summed E-state index contributed by atoms with van der Waals surface area (Å²) in [5.74, 6) is -0.396. The third-order valence-electron chi connectivity index (χ3n) is 5.59. The van der Waals surface area contributed by atoms with Gasteiger partial charge in [0.15, 0.2) is 5.67 Å². The minimum Gasteiger partial charge on any atom is -0.335 e. The molecule has 2 aliphatic carbocycles. The Bertz CT molecular complexity index is 571. The molecule has 2 atom stereocenters. The quantitative estimate of drug-likeness (QED) is 0.782. The molecule has 0 N–H and O–H groups in total. The molecule has 2 aliphatic heterocycles. The van der Waals surface area contributed by atoms with Gasteiger partial charge in [0.05, 0.1) is 5.25 Å². The molecule has 21 heavy (non-hydrogen) atoms. The number of sulfonamides is 1. The molecule has 0 aromatic carbocycles. The maximum atomic E-state index is 14.4. The zero-order chi connectivity index (χ0) is 14.8. The fourth-order valence-corrected chi connectivity index (χ4v) is 6.13. The molecule has 0 unspecified atom stereocenters. The van der Waals surface area contributed by atoms with Gasteiger partial charge in [0.1, 0.15) is 0 Å². The zero-order valence-electron chi connectivity index (χ0n) is 12.0. The highest BCUT2D eigenvalue weighted by Crippen LogP contribution is 2.43. The van der Waals surface area contributed by atoms with Crippen LogP contribution in [-0.4, -0.2) is 59.6 Å². The van der Waals surface area contributed by atoms with Crippen molar-refractivity contribution in [1.29, 1.82) is 0 Å². The van der Waals surface area contributed by atoms with E-state index in [9.17, 15) is 17.6 Å². The van der Waals surface area contributed by atoms with Crippen molar-refractivity contribution >= 4 is 15.9 Å². The number of likely N-dealkylation sites (tertiary alicyclic amines) is 1. The first kappa shape index (κ1) is 13.9. The Kier molecular flexibility index (Phi) is 2.93. The maximum absolute atomic E-state index is 14.4. The summed E-state index contributed by atoms with van der Waals surface area (Å²) in [7, 11) is -3.19. The molecule has 4 rings (SSSR count). The van der Waals surface area contributed by atoms with Crippen molar-refractivity contribution in [2.45, 2.75) is 67.9 Å². The monoisotopic (exact) mass is 316 g/mol. The first-order chi connectivity index (χ1) is 9.93. The van der Waals surface area contributed by atoms with Gasteiger partial charge in [0, 0.05) is 25.2 Å². The summed E-state index contributed by atoms with van der Waals surface area (Å²) < 4.78 is 40.8. The lowest BCUT2D eigenvalue weighted by molar-refractivity contribution is -0.150. The molecule has 0 aromatic rings. The average molecular weight is 316 g/mol. The number of fused-ring (bicyclic) bond motifs is 1. The van der Waals surface area contributed by atoms with E-state index in [-0.39, 0.29) is 17.3 Å². The van der Waals surface area contributed by atoms with Crippen molar-refractivity contribution in [2.24, 2.45) is 0 Å². The topological polar surface area (TPSA) is 57.7 Å². The van der Waals surface area contributed by atoms with E-state index in [1.807, 2.05) is 0 Å². The molecule has 4 fully saturated rings. The Morgan fingerprint density at radius 2 is 1.71 bits per heavy atom. The first-order valence-corrected chi connectivity index (χ1v) is 9.44. The number of nitrogens with zero attached hydrogens (tertiary/aromatic N) is 2. The summed E-state index contributed by atoms with van der Waals surface area (Å²) in [5.41, 5.74) is -1.67. The van der Waals surface area contributed by atoms with Crippen molar-refractivity contribution in [2.75, 3.05) is 13.1 Å². The van der Waals surface area contributed by atoms with Crippen molar-refractivity contribution in [3.05, 3.63) is 0 Å². The van der Waals surface area contributed by atoms with Crippen molar-refractivity contribution in [3.63, 3.8) is 0 Å². The van der Waals surface area contributed by atoms with Gasteiger partial charge in [0.2, 0.25) is 10.0 Å². The predicted molar refractivity (Wildman–Crippen MR) is 74.9 cm³/mol. The number of rotatable bonds is 3. The second-order valence-corrected chi connectivity index (χ2v) is 9.05. The molecule has 7 heteroatoms. The summed E-state index contributed by atoms with van der Waals surface area (Å²) in [6.45, 7) is 0.980. The third-order valence-corrected chi connectivity index (χ3v) is 8.01. The molecule has 0 aromatic heterocycles. The number of carbonyl (C=O) groups excluding carboxylic acids is 1. The molecule has 1 amide bonds. The Labute approximate surface area is 124 Å². The second kappa shape index (κ2) is 4.41. The number of halogens is 1. The van der Waals surface area contributed by atoms with Gasteiger partial charge in [0.25, 0.3) is 5.91 Å². The summed E-state index contributed by atoms with van der Waals surface area (Å²) >= 11 is 0. The number of hydrogen-bond donors (Lipinski definition) is 0. The van der Waals surface area contributed by atoms with Gasteiger partial charge in [-0.25, -0.2) is 12.8 Å². The van der Waals surface area contributed by atoms with E-state index in [1.54, 1.807) is 9.21 Å². The largest absolute Gasteiger partial charge is 0.335 e. The number of alkyl halides is 1. The standard InChI is InChI=1S/C14H21FN2O3S/c15-14(6-1-7-14)13(18)16-8-4-12-11(16)5-9-17(12)21(19,20)10-2-3-10/h10-12H,1-9H2/t11-,12+/m1/s1. The lowest BCUT2D eigenvalue weighted by Crippen LogP contribution is -2.52. The molecule has 2 heterocycles. The van der Waals surface area contributed by atoms with Crippen LogP contribution in [0.25, 0.3) is 0 Å². The highest BCUT2D eigenvalue weighted by Gasteiger charge is 2.55. The summed E-state index contributed by atoms with van der Waals surface area (Å²) in [4.78, 5) is 14.0. The van der Waals surface area contributed by atoms with E-state index in [2.05, 4.69) is 0 Å². The van der Waals surface area contributed by atoms with Crippen LogP contribution in [0.4, 0.5) is 4.39 Å². The molecule has 4 aliphatic rings. The molecule has 0 radical (unpaired) electrons. The molecular formula is C14H21FN2O3S. The fourth-order valence-electron chi connectivity index (χ4n) is 4.03. The Morgan fingerprint density at radius 1 is 1.05 bits per heavy atom. The van der Waals surface area contributed by atoms with Gasteiger partial charge in [-0.2, -0.15) is 4.31 Å². The van der Waals surface area contributed by atoms with E-state index < -0.39 is 21.6 Å². The highest BCUT2D eigenvalue weighted by atomic mass is 32.2. The van der Waals surface area contributed by atoms with E-state index in [0.29, 0.717) is 38.8 Å². The third kappa shape index (κ3) is 1.96. The fraction of sp³-hybridized carbons (Fsp3) is 0.929. The molecule has 2 saturated carbocycles. The van der Waals surface area contributed by atoms with Gasteiger partial charge in [-0.05, 0) is 44.9 Å². The predicted octanol–water partition coefficient (Wildman–Crippen LogP) is 1.05. The van der Waals surface area contributed by atoms with Crippen LogP contribution in [0.1, 0.15) is 44.9 Å². The van der Waals surface area contributed by atoms with Crippen LogP contribution in [0, 0.1) is 0 Å². The molecule has 5 nitrogen and oxygen atoms in total. The number of hydrogen-bond acceptors (Lipinski definition) is 3. The lowest BCUT2D eigenvalue weighted by atomic mass is 9.81. The Morgan fingerprint density at radius 3 is 2.29 bits per heavy atom. The van der Waals surface area contributed by atoms with Gasteiger partial charge in [-0.1, -0.05) is 0 Å². The van der Waals surface area contributed by atoms with Crippen LogP contribution in [0.2, 0.25) is 0 Å². The lowest BCUT2D eigenvalue weighted by Gasteiger charge is -2.37. The van der Waals surface area contributed by atoms with E-state index in [1.165, 1.54) is 0 Å². The van der Waals surface area contributed by atoms with Crippen molar-refractivity contribution in [1.82, 2.24) is 9.21 Å². The van der Waals surface area contributed by atoms with Crippen molar-refractivity contribution in [3.8, 4) is 0 Å². The Balaban J connectivity index is 1.52. The molecule has 118 valence electrons. The van der Waals surface area contributed by atoms with Gasteiger partial charge < -0.3 is 4.90 Å². The van der Waals surface area contributed by atoms with E-state index >= 15 is 0 Å². The summed E-state index contributed by atoms with van der Waals surface area (Å²) in [6.07, 6.45) is 4.23. The molecular weight excluding hydrogens is 295 g/mol. The van der Waals surface area contributed by atoms with Crippen LogP contribution in [0.5, 0.6) is 0 Å². The zero-order valence-corrected chi connectivity index (χ0v) is 12.8. The van der Waals surface area contributed by atoms with Crippen LogP contribution >= 0.6 is 0 Å². The smallest absolute Gasteiger partial charge is 0.260 e. The minimum absolute atomic E-state index is 0.112.